The maximum atomic E-state index is 8.69. The largest absolute Gasteiger partial charge is 0.395 e. The van der Waals surface area contributed by atoms with Crippen LogP contribution in [0.15, 0.2) is 0 Å². The second-order valence-electron chi connectivity index (χ2n) is 3.24. The number of aliphatic hydroxyl groups excluding tert-OH is 1. The lowest BCUT2D eigenvalue weighted by Crippen LogP contribution is -2.26. The van der Waals surface area contributed by atoms with Crippen LogP contribution in [0.2, 0.25) is 0 Å². The summed E-state index contributed by atoms with van der Waals surface area (Å²) in [4.78, 5) is 2.32. The van der Waals surface area contributed by atoms with Gasteiger partial charge in [-0.2, -0.15) is 0 Å². The first-order chi connectivity index (χ1) is 5.36. The van der Waals surface area contributed by atoms with Crippen molar-refractivity contribution in [2.24, 2.45) is 5.92 Å². The predicted molar refractivity (Wildman–Crippen MR) is 45.6 cm³/mol. The SMILES string of the molecule is CNCC1CCN(CCO)C1. The third kappa shape index (κ3) is 2.77. The highest BCUT2D eigenvalue weighted by molar-refractivity contribution is 4.76. The lowest BCUT2D eigenvalue weighted by Gasteiger charge is -2.13. The highest BCUT2D eigenvalue weighted by atomic mass is 16.3. The Hall–Kier alpha value is -0.120. The van der Waals surface area contributed by atoms with Crippen molar-refractivity contribution in [3.63, 3.8) is 0 Å². The first kappa shape index (κ1) is 8.97. The van der Waals surface area contributed by atoms with Crippen LogP contribution in [0.25, 0.3) is 0 Å². The van der Waals surface area contributed by atoms with Crippen LogP contribution in [0.3, 0.4) is 0 Å². The summed E-state index contributed by atoms with van der Waals surface area (Å²) < 4.78 is 0. The Morgan fingerprint density at radius 3 is 3.09 bits per heavy atom. The summed E-state index contributed by atoms with van der Waals surface area (Å²) in [5, 5.41) is 11.9. The van der Waals surface area contributed by atoms with Crippen molar-refractivity contribution in [2.75, 3.05) is 39.8 Å². The van der Waals surface area contributed by atoms with Crippen molar-refractivity contribution < 1.29 is 5.11 Å². The number of aliphatic hydroxyl groups is 1. The summed E-state index contributed by atoms with van der Waals surface area (Å²) in [6, 6.07) is 0. The number of likely N-dealkylation sites (tertiary alicyclic amines) is 1. The highest BCUT2D eigenvalue weighted by Crippen LogP contribution is 2.13. The van der Waals surface area contributed by atoms with Crippen LogP contribution in [0.5, 0.6) is 0 Å². The fraction of sp³-hybridized carbons (Fsp3) is 1.00. The Bertz CT molecular complexity index is 96.3. The molecule has 0 amide bonds. The minimum Gasteiger partial charge on any atom is -0.395 e. The fourth-order valence-electron chi connectivity index (χ4n) is 1.71. The van der Waals surface area contributed by atoms with Crippen molar-refractivity contribution in [2.45, 2.75) is 6.42 Å². The van der Waals surface area contributed by atoms with Gasteiger partial charge in [-0.3, -0.25) is 0 Å². The van der Waals surface area contributed by atoms with Gasteiger partial charge in [0.05, 0.1) is 6.61 Å². The van der Waals surface area contributed by atoms with Gasteiger partial charge in [-0.25, -0.2) is 0 Å². The molecule has 1 heterocycles. The molecular formula is C8H18N2O. The molecule has 66 valence electrons. The van der Waals surface area contributed by atoms with Gasteiger partial charge in [0.15, 0.2) is 0 Å². The molecule has 1 aliphatic rings. The van der Waals surface area contributed by atoms with E-state index in [1.165, 1.54) is 6.42 Å². The molecule has 1 aliphatic heterocycles. The summed E-state index contributed by atoms with van der Waals surface area (Å²) >= 11 is 0. The first-order valence-corrected chi connectivity index (χ1v) is 4.34. The number of nitrogens with one attached hydrogen (secondary N) is 1. The van der Waals surface area contributed by atoms with E-state index in [-0.39, 0.29) is 0 Å². The molecule has 1 unspecified atom stereocenters. The van der Waals surface area contributed by atoms with Gasteiger partial charge in [-0.05, 0) is 32.5 Å². The zero-order valence-electron chi connectivity index (χ0n) is 7.21. The molecule has 0 aromatic rings. The van der Waals surface area contributed by atoms with Crippen molar-refractivity contribution in [1.29, 1.82) is 0 Å². The Morgan fingerprint density at radius 2 is 2.45 bits per heavy atom. The quantitative estimate of drug-likeness (QED) is 0.580. The minimum absolute atomic E-state index is 0.298. The molecule has 1 rings (SSSR count). The van der Waals surface area contributed by atoms with Crippen molar-refractivity contribution in [3.8, 4) is 0 Å². The molecule has 0 bridgehead atoms. The summed E-state index contributed by atoms with van der Waals surface area (Å²) in [6.45, 7) is 4.57. The standard InChI is InChI=1S/C8H18N2O/c1-9-6-8-2-3-10(7-8)4-5-11/h8-9,11H,2-7H2,1H3. The second kappa shape index (κ2) is 4.70. The molecule has 0 aromatic carbocycles. The van der Waals surface area contributed by atoms with Gasteiger partial charge >= 0.3 is 0 Å². The fourth-order valence-corrected chi connectivity index (χ4v) is 1.71. The molecule has 0 spiro atoms. The van der Waals surface area contributed by atoms with E-state index in [1.54, 1.807) is 0 Å². The van der Waals surface area contributed by atoms with E-state index in [9.17, 15) is 0 Å². The number of hydrogen-bond acceptors (Lipinski definition) is 3. The van der Waals surface area contributed by atoms with Crippen LogP contribution < -0.4 is 5.32 Å². The zero-order chi connectivity index (χ0) is 8.10. The van der Waals surface area contributed by atoms with Gasteiger partial charge in [0.2, 0.25) is 0 Å². The summed E-state index contributed by atoms with van der Waals surface area (Å²) in [6.07, 6.45) is 1.28. The first-order valence-electron chi connectivity index (χ1n) is 4.34. The minimum atomic E-state index is 0.298. The number of nitrogens with zero attached hydrogens (tertiary/aromatic N) is 1. The van der Waals surface area contributed by atoms with E-state index in [1.807, 2.05) is 7.05 Å². The number of hydrogen-bond donors (Lipinski definition) is 2. The number of rotatable bonds is 4. The van der Waals surface area contributed by atoms with Crippen LogP contribution in [-0.4, -0.2) is 49.8 Å². The van der Waals surface area contributed by atoms with Gasteiger partial charge in [-0.15, -0.1) is 0 Å². The second-order valence-corrected chi connectivity index (χ2v) is 3.24. The van der Waals surface area contributed by atoms with Crippen LogP contribution in [0.4, 0.5) is 0 Å². The third-order valence-electron chi connectivity index (χ3n) is 2.28. The van der Waals surface area contributed by atoms with Gasteiger partial charge in [0.1, 0.15) is 0 Å². The predicted octanol–water partition coefficient (Wildman–Crippen LogP) is -0.480. The molecule has 1 atom stereocenters. The zero-order valence-corrected chi connectivity index (χ0v) is 7.21. The Kier molecular flexibility index (Phi) is 3.83. The van der Waals surface area contributed by atoms with Crippen LogP contribution >= 0.6 is 0 Å². The van der Waals surface area contributed by atoms with Gasteiger partial charge in [0, 0.05) is 13.1 Å². The van der Waals surface area contributed by atoms with Gasteiger partial charge < -0.3 is 15.3 Å². The maximum Gasteiger partial charge on any atom is 0.0558 e. The molecule has 1 fully saturated rings. The van der Waals surface area contributed by atoms with Crippen LogP contribution in [-0.2, 0) is 0 Å². The van der Waals surface area contributed by atoms with Gasteiger partial charge in [-0.1, -0.05) is 0 Å². The Labute approximate surface area is 68.4 Å². The normalized spacial score (nSPS) is 26.2. The molecule has 2 N–H and O–H groups in total. The molecule has 0 saturated carbocycles. The smallest absolute Gasteiger partial charge is 0.0558 e. The van der Waals surface area contributed by atoms with E-state index in [0.29, 0.717) is 6.61 Å². The van der Waals surface area contributed by atoms with E-state index in [2.05, 4.69) is 10.2 Å². The Balaban J connectivity index is 2.12. The highest BCUT2D eigenvalue weighted by Gasteiger charge is 2.20. The van der Waals surface area contributed by atoms with Crippen molar-refractivity contribution in [3.05, 3.63) is 0 Å². The molecule has 11 heavy (non-hydrogen) atoms. The lowest BCUT2D eigenvalue weighted by atomic mass is 10.1. The maximum absolute atomic E-state index is 8.69. The average Bonchev–Trinajstić information content (AvgIpc) is 2.38. The van der Waals surface area contributed by atoms with Gasteiger partial charge in [0.25, 0.3) is 0 Å². The van der Waals surface area contributed by atoms with Crippen molar-refractivity contribution >= 4 is 0 Å². The lowest BCUT2D eigenvalue weighted by molar-refractivity contribution is 0.217. The topological polar surface area (TPSA) is 35.5 Å². The average molecular weight is 158 g/mol. The molecule has 3 nitrogen and oxygen atoms in total. The van der Waals surface area contributed by atoms with Crippen molar-refractivity contribution in [1.82, 2.24) is 10.2 Å². The van der Waals surface area contributed by atoms with Crippen LogP contribution in [0, 0.1) is 5.92 Å². The summed E-state index contributed by atoms with van der Waals surface area (Å²) in [7, 11) is 1.99. The molecule has 0 aliphatic carbocycles. The monoisotopic (exact) mass is 158 g/mol. The number of β-amino-alcohol motifs (C(OH)–C–C–N with tert-alkyl or cyclic N) is 1. The molecule has 0 radical (unpaired) electrons. The van der Waals surface area contributed by atoms with E-state index in [0.717, 1.165) is 32.1 Å². The third-order valence-corrected chi connectivity index (χ3v) is 2.28. The summed E-state index contributed by atoms with van der Waals surface area (Å²) in [5.41, 5.74) is 0. The molecule has 3 heteroatoms. The summed E-state index contributed by atoms with van der Waals surface area (Å²) in [5.74, 6) is 0.798. The van der Waals surface area contributed by atoms with E-state index >= 15 is 0 Å². The molecule has 0 aromatic heterocycles. The Morgan fingerprint density at radius 1 is 1.64 bits per heavy atom. The van der Waals surface area contributed by atoms with E-state index in [4.69, 9.17) is 5.11 Å². The van der Waals surface area contributed by atoms with Crippen LogP contribution in [0.1, 0.15) is 6.42 Å². The van der Waals surface area contributed by atoms with E-state index < -0.39 is 0 Å². The molecule has 1 saturated heterocycles. The molecular weight excluding hydrogens is 140 g/mol.